The number of benzene rings is 1. The highest BCUT2D eigenvalue weighted by atomic mass is 16.5. The van der Waals surface area contributed by atoms with Crippen LogP contribution in [0.4, 0.5) is 0 Å². The summed E-state index contributed by atoms with van der Waals surface area (Å²) < 4.78 is 11.6. The molecule has 3 fully saturated rings. The maximum atomic E-state index is 13.6. The molecule has 0 amide bonds. The van der Waals surface area contributed by atoms with Gasteiger partial charge in [0.25, 0.3) is 0 Å². The fraction of sp³-hybridized carbons (Fsp3) is 0.707. The molecule has 5 aliphatic rings. The SMILES string of the molecule is CC(=O)O[C@@H]1C[C@]2(C)C=C[C@@H](CC[C@H](C)CCCc3ccccc3)[C@]3([C@@H]1[C@](C)(C1CCCC1)CC[C@@H]3O)[C@@]2(O)CCC1=CC(=O)OC1. The van der Waals surface area contributed by atoms with Gasteiger partial charge in [0.2, 0.25) is 0 Å². The first-order valence-electron chi connectivity index (χ1n) is 18.6. The molecule has 9 atom stereocenters. The standard InChI is InChI=1S/C41H58O6/c1-28(11-10-14-30-12-6-5-7-13-30)17-18-33-20-22-38(3)26-34(47-29(2)42)37-39(4,32-15-8-9-16-32)23-21-35(43)41(33,37)40(38,45)24-19-31-25-36(44)46-27-31/h5-7,12-13,20,22,25,28,32-35,37,43,45H,8-11,14-19,21,23-24,26-27H2,1-4H3/t28-,33-,34-,35+,37+,38+,39+,40-,41+/m1/s1. The summed E-state index contributed by atoms with van der Waals surface area (Å²) in [5.74, 6) is 0.124. The lowest BCUT2D eigenvalue weighted by Crippen LogP contribution is -2.79. The molecule has 2 bridgehead atoms. The second-order valence-corrected chi connectivity index (χ2v) is 16.5. The third-order valence-corrected chi connectivity index (χ3v) is 13.8. The highest BCUT2D eigenvalue weighted by molar-refractivity contribution is 5.85. The molecule has 0 unspecified atom stereocenters. The summed E-state index contributed by atoms with van der Waals surface area (Å²) in [6, 6.07) is 10.7. The molecule has 1 heterocycles. The van der Waals surface area contributed by atoms with Gasteiger partial charge in [0.15, 0.2) is 0 Å². The predicted molar refractivity (Wildman–Crippen MR) is 183 cm³/mol. The van der Waals surface area contributed by atoms with Gasteiger partial charge in [0.05, 0.1) is 11.7 Å². The van der Waals surface area contributed by atoms with Gasteiger partial charge in [-0.25, -0.2) is 4.79 Å². The van der Waals surface area contributed by atoms with E-state index in [1.165, 1.54) is 25.3 Å². The van der Waals surface area contributed by atoms with E-state index in [1.807, 2.05) is 0 Å². The van der Waals surface area contributed by atoms with Crippen LogP contribution in [-0.2, 0) is 25.5 Å². The molecule has 1 aromatic rings. The molecular weight excluding hydrogens is 588 g/mol. The number of allylic oxidation sites excluding steroid dienone is 1. The summed E-state index contributed by atoms with van der Waals surface area (Å²) in [7, 11) is 0. The van der Waals surface area contributed by atoms with Crippen LogP contribution in [0.25, 0.3) is 0 Å². The highest BCUT2D eigenvalue weighted by Crippen LogP contribution is 2.74. The molecule has 3 saturated carbocycles. The third kappa shape index (κ3) is 6.05. The van der Waals surface area contributed by atoms with Gasteiger partial charge in [-0.1, -0.05) is 88.9 Å². The third-order valence-electron chi connectivity index (χ3n) is 13.8. The van der Waals surface area contributed by atoms with Gasteiger partial charge in [-0.2, -0.15) is 0 Å². The molecule has 0 radical (unpaired) electrons. The van der Waals surface area contributed by atoms with Crippen LogP contribution in [0.3, 0.4) is 0 Å². The maximum Gasteiger partial charge on any atom is 0.331 e. The Labute approximate surface area is 282 Å². The average Bonchev–Trinajstić information content (AvgIpc) is 3.73. The van der Waals surface area contributed by atoms with Crippen molar-refractivity contribution >= 4 is 11.9 Å². The zero-order valence-electron chi connectivity index (χ0n) is 29.2. The fourth-order valence-electron chi connectivity index (χ4n) is 11.5. The Morgan fingerprint density at radius 2 is 1.83 bits per heavy atom. The molecule has 0 aromatic heterocycles. The topological polar surface area (TPSA) is 93.1 Å². The van der Waals surface area contributed by atoms with E-state index in [-0.39, 0.29) is 41.9 Å². The smallest absolute Gasteiger partial charge is 0.331 e. The number of carbonyl (C=O) groups excluding carboxylic acids is 2. The number of aliphatic hydroxyl groups is 2. The lowest BCUT2D eigenvalue weighted by atomic mass is 9.32. The number of cyclic esters (lactones) is 1. The quantitative estimate of drug-likeness (QED) is 0.177. The van der Waals surface area contributed by atoms with Crippen LogP contribution in [0.15, 0.2) is 54.1 Å². The molecule has 1 aromatic carbocycles. The second-order valence-electron chi connectivity index (χ2n) is 16.5. The predicted octanol–water partition coefficient (Wildman–Crippen LogP) is 7.90. The van der Waals surface area contributed by atoms with Crippen molar-refractivity contribution in [2.75, 3.05) is 6.61 Å². The Kier molecular flexibility index (Phi) is 9.86. The Balaban J connectivity index is 1.38. The van der Waals surface area contributed by atoms with Gasteiger partial charge in [0, 0.05) is 29.7 Å². The molecule has 1 aliphatic heterocycles. The Morgan fingerprint density at radius 3 is 2.51 bits per heavy atom. The zero-order valence-corrected chi connectivity index (χ0v) is 29.2. The van der Waals surface area contributed by atoms with Gasteiger partial charge >= 0.3 is 11.9 Å². The number of rotatable bonds is 12. The fourth-order valence-corrected chi connectivity index (χ4v) is 11.5. The van der Waals surface area contributed by atoms with Crippen molar-refractivity contribution in [1.29, 1.82) is 0 Å². The monoisotopic (exact) mass is 646 g/mol. The van der Waals surface area contributed by atoms with Crippen LogP contribution in [-0.4, -0.2) is 46.6 Å². The number of aliphatic hydroxyl groups excluding tert-OH is 1. The van der Waals surface area contributed by atoms with E-state index < -0.39 is 22.5 Å². The maximum absolute atomic E-state index is 13.6. The van der Waals surface area contributed by atoms with Gasteiger partial charge in [-0.05, 0) is 98.5 Å². The van der Waals surface area contributed by atoms with Gasteiger partial charge < -0.3 is 19.7 Å². The lowest BCUT2D eigenvalue weighted by molar-refractivity contribution is -0.331. The first-order valence-corrected chi connectivity index (χ1v) is 18.6. The lowest BCUT2D eigenvalue weighted by Gasteiger charge is -2.74. The number of esters is 2. The second kappa shape index (κ2) is 13.5. The molecule has 47 heavy (non-hydrogen) atoms. The molecule has 6 nitrogen and oxygen atoms in total. The van der Waals surface area contributed by atoms with Crippen LogP contribution in [0.2, 0.25) is 0 Å². The Morgan fingerprint density at radius 1 is 1.09 bits per heavy atom. The van der Waals surface area contributed by atoms with Gasteiger partial charge in [-0.15, -0.1) is 0 Å². The molecule has 258 valence electrons. The largest absolute Gasteiger partial charge is 0.462 e. The van der Waals surface area contributed by atoms with Crippen LogP contribution in [0.1, 0.15) is 117 Å². The number of aryl methyl sites for hydroxylation is 1. The van der Waals surface area contributed by atoms with Crippen LogP contribution in [0, 0.1) is 39.9 Å². The number of hydrogen-bond acceptors (Lipinski definition) is 6. The van der Waals surface area contributed by atoms with Crippen LogP contribution >= 0.6 is 0 Å². The Bertz CT molecular complexity index is 1350. The van der Waals surface area contributed by atoms with Gasteiger partial charge in [-0.3, -0.25) is 4.79 Å². The van der Waals surface area contributed by atoms with E-state index in [2.05, 4.69) is 63.3 Å². The summed E-state index contributed by atoms with van der Waals surface area (Å²) in [5, 5.41) is 26.2. The minimum absolute atomic E-state index is 0.0630. The number of fused-ring (bicyclic) bond motifs is 1. The number of hydrogen-bond donors (Lipinski definition) is 2. The summed E-state index contributed by atoms with van der Waals surface area (Å²) in [4.78, 5) is 24.8. The van der Waals surface area contributed by atoms with E-state index in [9.17, 15) is 19.8 Å². The van der Waals surface area contributed by atoms with Crippen molar-refractivity contribution in [1.82, 2.24) is 0 Å². The normalized spacial score (nSPS) is 38.9. The van der Waals surface area contributed by atoms with Crippen molar-refractivity contribution in [2.24, 2.45) is 39.9 Å². The van der Waals surface area contributed by atoms with E-state index in [0.717, 1.165) is 56.9 Å². The Hall–Kier alpha value is -2.44. The van der Waals surface area contributed by atoms with Crippen LogP contribution < -0.4 is 0 Å². The molecule has 6 rings (SSSR count). The molecule has 4 aliphatic carbocycles. The summed E-state index contributed by atoms with van der Waals surface area (Å²) >= 11 is 0. The summed E-state index contributed by atoms with van der Waals surface area (Å²) in [6.07, 6.45) is 17.9. The summed E-state index contributed by atoms with van der Waals surface area (Å²) in [5.41, 5.74) is -0.763. The minimum atomic E-state index is -1.26. The van der Waals surface area contributed by atoms with Crippen molar-refractivity contribution in [3.8, 4) is 0 Å². The van der Waals surface area contributed by atoms with E-state index in [1.54, 1.807) is 6.08 Å². The number of ether oxygens (including phenoxy) is 2. The van der Waals surface area contributed by atoms with Crippen molar-refractivity contribution in [3.05, 3.63) is 59.7 Å². The molecule has 6 heteroatoms. The molecule has 0 saturated heterocycles. The average molecular weight is 647 g/mol. The molecule has 1 spiro atoms. The summed E-state index contributed by atoms with van der Waals surface area (Å²) in [6.45, 7) is 8.62. The minimum Gasteiger partial charge on any atom is -0.462 e. The first kappa shape index (κ1) is 34.4. The van der Waals surface area contributed by atoms with Gasteiger partial charge in [0.1, 0.15) is 12.7 Å². The van der Waals surface area contributed by atoms with E-state index >= 15 is 0 Å². The highest BCUT2D eigenvalue weighted by Gasteiger charge is 2.77. The first-order chi connectivity index (χ1) is 22.4. The van der Waals surface area contributed by atoms with Crippen molar-refractivity contribution in [3.63, 3.8) is 0 Å². The van der Waals surface area contributed by atoms with Crippen molar-refractivity contribution < 1.29 is 29.3 Å². The van der Waals surface area contributed by atoms with E-state index in [4.69, 9.17) is 9.47 Å². The molecular formula is C41H58O6. The molecule has 2 N–H and O–H groups in total. The zero-order chi connectivity index (χ0) is 33.5. The van der Waals surface area contributed by atoms with Crippen LogP contribution in [0.5, 0.6) is 0 Å². The van der Waals surface area contributed by atoms with E-state index in [0.29, 0.717) is 37.5 Å². The number of carbonyl (C=O) groups is 2. The van der Waals surface area contributed by atoms with Crippen molar-refractivity contribution in [2.45, 2.75) is 135 Å².